The van der Waals surface area contributed by atoms with Gasteiger partial charge in [-0.1, -0.05) is 25.5 Å². The van der Waals surface area contributed by atoms with Crippen LogP contribution in [0.5, 0.6) is 0 Å². The molecular weight excluding hydrogens is 289 g/mol. The zero-order valence-corrected chi connectivity index (χ0v) is 13.6. The molecule has 0 N–H and O–H groups in total. The van der Waals surface area contributed by atoms with Crippen molar-refractivity contribution in [3.05, 3.63) is 37.1 Å². The van der Waals surface area contributed by atoms with Crippen LogP contribution in [0.15, 0.2) is 24.4 Å². The van der Waals surface area contributed by atoms with Crippen molar-refractivity contribution in [2.24, 2.45) is 0 Å². The van der Waals surface area contributed by atoms with Gasteiger partial charge in [0.2, 0.25) is 0 Å². The van der Waals surface area contributed by atoms with Gasteiger partial charge in [-0.25, -0.2) is 7.11 Å². The Hall–Kier alpha value is -0.246. The van der Waals surface area contributed by atoms with Crippen molar-refractivity contribution >= 4 is 10.9 Å². The normalized spacial score (nSPS) is 9.41. The topological polar surface area (TPSA) is 27.1 Å². The van der Waals surface area contributed by atoms with Crippen LogP contribution in [-0.2, 0) is 44.0 Å². The van der Waals surface area contributed by atoms with E-state index in [0.29, 0.717) is 6.61 Å². The van der Waals surface area contributed by atoms with E-state index in [1.54, 1.807) is 0 Å². The fourth-order valence-corrected chi connectivity index (χ4v) is 1.54. The summed E-state index contributed by atoms with van der Waals surface area (Å²) in [5.74, 6) is 0. The molecule has 0 amide bonds. The summed E-state index contributed by atoms with van der Waals surface area (Å²) in [4.78, 5) is 0. The molecule has 3 nitrogen and oxygen atoms in total. The Morgan fingerprint density at radius 2 is 2.06 bits per heavy atom. The fraction of sp³-hybridized carbons (Fsp3) is 0.385. The van der Waals surface area contributed by atoms with Crippen molar-refractivity contribution in [1.29, 1.82) is 0 Å². The van der Waals surface area contributed by atoms with E-state index in [1.165, 1.54) is 10.9 Å². The number of fused-ring (bicyclic) bond motifs is 1. The zero-order valence-electron chi connectivity index (χ0n) is 10.8. The molecule has 1 radical (unpaired) electrons. The summed E-state index contributed by atoms with van der Waals surface area (Å²) in [7, 11) is 3.34. The smallest absolute Gasteiger partial charge is 0.0683 e. The van der Waals surface area contributed by atoms with E-state index in [9.17, 15) is 0 Å². The van der Waals surface area contributed by atoms with E-state index >= 15 is 0 Å². The first-order valence-corrected chi connectivity index (χ1v) is 5.60. The van der Waals surface area contributed by atoms with Crippen LogP contribution < -0.4 is 0 Å². The van der Waals surface area contributed by atoms with Crippen molar-refractivity contribution in [3.8, 4) is 0 Å². The molecule has 2 rings (SSSR count). The molecular formula is C13H19N2OY-. The second kappa shape index (κ2) is 8.79. The molecule has 0 spiro atoms. The number of nitrogens with zero attached hydrogens (tertiary/aromatic N) is 2. The van der Waals surface area contributed by atoms with E-state index < -0.39 is 0 Å². The van der Waals surface area contributed by atoms with Crippen molar-refractivity contribution in [3.63, 3.8) is 0 Å². The Morgan fingerprint density at radius 1 is 1.35 bits per heavy atom. The molecule has 1 heterocycles. The maximum absolute atomic E-state index is 4.78. The van der Waals surface area contributed by atoms with Gasteiger partial charge in [-0.2, -0.15) is 5.10 Å². The number of benzene rings is 1. The number of hydrogen-bond donors (Lipinski definition) is 0. The van der Waals surface area contributed by atoms with E-state index in [1.807, 2.05) is 24.7 Å². The van der Waals surface area contributed by atoms with Crippen LogP contribution in [0.3, 0.4) is 0 Å². The molecule has 0 aliphatic heterocycles. The summed E-state index contributed by atoms with van der Waals surface area (Å²) in [5.41, 5.74) is 2.40. The number of ether oxygens (including phenoxy) is 1. The van der Waals surface area contributed by atoms with Crippen LogP contribution in [0, 0.1) is 14.0 Å². The zero-order chi connectivity index (χ0) is 12.0. The van der Waals surface area contributed by atoms with E-state index in [0.717, 1.165) is 12.1 Å². The van der Waals surface area contributed by atoms with Crippen LogP contribution in [-0.4, -0.2) is 16.4 Å². The molecule has 1 aromatic heterocycles. The van der Waals surface area contributed by atoms with Gasteiger partial charge >= 0.3 is 0 Å². The van der Waals surface area contributed by atoms with Crippen LogP contribution >= 0.6 is 0 Å². The first kappa shape index (κ1) is 16.8. The number of aromatic nitrogens is 2. The van der Waals surface area contributed by atoms with Crippen molar-refractivity contribution < 1.29 is 37.4 Å². The Bertz CT molecular complexity index is 440. The van der Waals surface area contributed by atoms with E-state index in [-0.39, 0.29) is 32.7 Å². The Labute approximate surface area is 128 Å². The third-order valence-electron chi connectivity index (χ3n) is 2.24. The van der Waals surface area contributed by atoms with Gasteiger partial charge in [-0.15, -0.1) is 0 Å². The van der Waals surface area contributed by atoms with Crippen molar-refractivity contribution in [2.75, 3.05) is 6.61 Å². The van der Waals surface area contributed by atoms with Crippen LogP contribution in [0.4, 0.5) is 0 Å². The van der Waals surface area contributed by atoms with E-state index in [4.69, 9.17) is 4.74 Å². The van der Waals surface area contributed by atoms with Crippen LogP contribution in [0.2, 0.25) is 0 Å². The SMILES string of the molecule is CC.[CH2-]OCCn1ncc2cc(C)ccc21.[Y]. The quantitative estimate of drug-likeness (QED) is 0.814. The summed E-state index contributed by atoms with van der Waals surface area (Å²) < 4.78 is 6.71. The molecule has 2 aromatic rings. The Kier molecular flexibility index (Phi) is 8.66. The van der Waals surface area contributed by atoms with Crippen molar-refractivity contribution in [2.45, 2.75) is 27.3 Å². The predicted molar refractivity (Wildman–Crippen MR) is 67.1 cm³/mol. The molecule has 0 atom stereocenters. The molecule has 1 aromatic carbocycles. The Morgan fingerprint density at radius 3 is 2.71 bits per heavy atom. The summed E-state index contributed by atoms with van der Waals surface area (Å²) in [6, 6.07) is 6.30. The van der Waals surface area contributed by atoms with Gasteiger partial charge in [-0.05, 0) is 19.1 Å². The maximum atomic E-state index is 4.78. The predicted octanol–water partition coefficient (Wildman–Crippen LogP) is 3.18. The first-order chi connectivity index (χ1) is 7.81. The first-order valence-electron chi connectivity index (χ1n) is 5.60. The largest absolute Gasteiger partial charge is 0.554 e. The summed E-state index contributed by atoms with van der Waals surface area (Å²) in [6.45, 7) is 7.41. The minimum absolute atomic E-state index is 0. The second-order valence-electron chi connectivity index (χ2n) is 3.34. The number of hydrogen-bond acceptors (Lipinski definition) is 2. The van der Waals surface area contributed by atoms with Gasteiger partial charge in [0.1, 0.15) is 0 Å². The monoisotopic (exact) mass is 308 g/mol. The summed E-state index contributed by atoms with van der Waals surface area (Å²) in [6.07, 6.45) is 1.88. The summed E-state index contributed by atoms with van der Waals surface area (Å²) >= 11 is 0. The third kappa shape index (κ3) is 4.49. The molecule has 0 bridgehead atoms. The summed E-state index contributed by atoms with van der Waals surface area (Å²) in [5, 5.41) is 5.46. The minimum atomic E-state index is 0. The average Bonchev–Trinajstić information content (AvgIpc) is 2.71. The van der Waals surface area contributed by atoms with Crippen LogP contribution in [0.25, 0.3) is 10.9 Å². The standard InChI is InChI=1S/C11H13N2O.C2H6.Y/c1-9-3-4-11-10(7-9)8-12-13(11)5-6-14-2;1-2;/h3-4,7-8H,2,5-6H2,1H3;1-2H3;/q-1;;. The molecule has 0 aliphatic carbocycles. The van der Waals surface area contributed by atoms with Gasteiger partial charge < -0.3 is 4.74 Å². The minimum Gasteiger partial charge on any atom is -0.554 e. The van der Waals surface area contributed by atoms with Crippen LogP contribution in [0.1, 0.15) is 19.4 Å². The maximum Gasteiger partial charge on any atom is 0.0683 e. The molecule has 17 heavy (non-hydrogen) atoms. The van der Waals surface area contributed by atoms with Gasteiger partial charge in [-0.3, -0.25) is 4.68 Å². The molecule has 0 unspecified atom stereocenters. The van der Waals surface area contributed by atoms with Gasteiger partial charge in [0.15, 0.2) is 0 Å². The van der Waals surface area contributed by atoms with Gasteiger partial charge in [0.25, 0.3) is 0 Å². The molecule has 0 saturated carbocycles. The molecule has 91 valence electrons. The van der Waals surface area contributed by atoms with E-state index in [2.05, 4.69) is 37.3 Å². The van der Waals surface area contributed by atoms with Crippen molar-refractivity contribution in [1.82, 2.24) is 9.78 Å². The fourth-order valence-electron chi connectivity index (χ4n) is 1.54. The number of aryl methyl sites for hydroxylation is 1. The van der Waals surface area contributed by atoms with Gasteiger partial charge in [0.05, 0.1) is 18.3 Å². The Balaban J connectivity index is 0.000000811. The molecule has 0 fully saturated rings. The molecule has 0 aliphatic rings. The third-order valence-corrected chi connectivity index (χ3v) is 2.24. The average molecular weight is 308 g/mol. The van der Waals surface area contributed by atoms with Gasteiger partial charge in [0, 0.05) is 44.7 Å². The second-order valence-corrected chi connectivity index (χ2v) is 3.34. The molecule has 0 saturated heterocycles. The number of rotatable bonds is 3. The molecule has 4 heteroatoms.